The quantitative estimate of drug-likeness (QED) is 0.482. The summed E-state index contributed by atoms with van der Waals surface area (Å²) >= 11 is 0. The minimum Gasteiger partial charge on any atom is -0.210 e. The van der Waals surface area contributed by atoms with Crippen molar-refractivity contribution in [1.82, 2.24) is 4.72 Å². The Kier molecular flexibility index (Phi) is 6.91. The number of benzene rings is 3. The van der Waals surface area contributed by atoms with Gasteiger partial charge in [-0.05, 0) is 50.5 Å². The zero-order valence-corrected chi connectivity index (χ0v) is 18.6. The highest BCUT2D eigenvalue weighted by molar-refractivity contribution is 7.89. The molecule has 0 saturated carbocycles. The summed E-state index contributed by atoms with van der Waals surface area (Å²) in [6.45, 7) is 6.32. The Labute approximate surface area is 180 Å². The van der Waals surface area contributed by atoms with Gasteiger partial charge in [0.2, 0.25) is 10.0 Å². The number of hydrogen-bond donors (Lipinski definition) is 1. The molecule has 0 radical (unpaired) electrons. The van der Waals surface area contributed by atoms with Gasteiger partial charge in [0.1, 0.15) is 0 Å². The third-order valence-electron chi connectivity index (χ3n) is 5.62. The van der Waals surface area contributed by atoms with E-state index < -0.39 is 15.4 Å². The Morgan fingerprint density at radius 1 is 0.867 bits per heavy atom. The topological polar surface area (TPSA) is 46.2 Å². The van der Waals surface area contributed by atoms with Crippen LogP contribution >= 0.6 is 0 Å². The van der Waals surface area contributed by atoms with Gasteiger partial charge in [-0.15, -0.1) is 0 Å². The van der Waals surface area contributed by atoms with E-state index >= 15 is 0 Å². The summed E-state index contributed by atoms with van der Waals surface area (Å²) in [5.41, 5.74) is 3.89. The molecule has 3 nitrogen and oxygen atoms in total. The lowest BCUT2D eigenvalue weighted by Crippen LogP contribution is -2.42. The van der Waals surface area contributed by atoms with Crippen LogP contribution in [-0.2, 0) is 15.4 Å². The first-order valence-electron chi connectivity index (χ1n) is 10.2. The molecule has 0 spiro atoms. The molecule has 0 aliphatic rings. The summed E-state index contributed by atoms with van der Waals surface area (Å²) in [7, 11) is -3.64. The van der Waals surface area contributed by atoms with Gasteiger partial charge in [-0.3, -0.25) is 0 Å². The summed E-state index contributed by atoms with van der Waals surface area (Å²) in [6.07, 6.45) is 2.81. The van der Waals surface area contributed by atoms with Crippen LogP contribution in [0.1, 0.15) is 37.0 Å². The van der Waals surface area contributed by atoms with E-state index in [0.29, 0.717) is 6.42 Å². The van der Waals surface area contributed by atoms with Crippen LogP contribution in [0.15, 0.2) is 101 Å². The van der Waals surface area contributed by atoms with Crippen molar-refractivity contribution >= 4 is 10.0 Å². The number of sulfonamides is 1. The molecule has 0 saturated heterocycles. The van der Waals surface area contributed by atoms with E-state index in [1.54, 1.807) is 12.1 Å². The number of allylic oxidation sites excluding steroid dienone is 2. The molecule has 1 N–H and O–H groups in total. The van der Waals surface area contributed by atoms with Crippen LogP contribution in [0.2, 0.25) is 0 Å². The number of aryl methyl sites for hydroxylation is 1. The molecule has 0 aliphatic carbocycles. The molecule has 0 aromatic heterocycles. The first-order chi connectivity index (χ1) is 14.4. The second kappa shape index (κ2) is 9.41. The predicted molar refractivity (Wildman–Crippen MR) is 124 cm³/mol. The minimum absolute atomic E-state index is 0.266. The lowest BCUT2D eigenvalue weighted by atomic mass is 9.70. The highest BCUT2D eigenvalue weighted by Gasteiger charge is 2.35. The van der Waals surface area contributed by atoms with E-state index in [0.717, 1.165) is 16.7 Å². The van der Waals surface area contributed by atoms with Crippen molar-refractivity contribution in [3.05, 3.63) is 113 Å². The Hall–Kier alpha value is -2.69. The molecule has 4 heteroatoms. The second-order valence-electron chi connectivity index (χ2n) is 7.76. The van der Waals surface area contributed by atoms with Crippen molar-refractivity contribution in [2.75, 3.05) is 6.54 Å². The summed E-state index contributed by atoms with van der Waals surface area (Å²) in [4.78, 5) is 0.283. The Bertz CT molecular complexity index is 1050. The van der Waals surface area contributed by atoms with Crippen molar-refractivity contribution in [2.45, 2.75) is 37.5 Å². The highest BCUT2D eigenvalue weighted by Crippen LogP contribution is 2.38. The third-order valence-corrected chi connectivity index (χ3v) is 7.04. The monoisotopic (exact) mass is 419 g/mol. The third kappa shape index (κ3) is 4.89. The first kappa shape index (κ1) is 22.0. The lowest BCUT2D eigenvalue weighted by Gasteiger charge is -2.36. The molecule has 0 bridgehead atoms. The van der Waals surface area contributed by atoms with E-state index in [1.807, 2.05) is 62.4 Å². The van der Waals surface area contributed by atoms with E-state index in [-0.39, 0.29) is 11.4 Å². The molecule has 156 valence electrons. The standard InChI is InChI=1S/C26H29NO2S/c1-4-21(2)19-26(23-11-7-5-8-12-23,24-13-9-6-10-14-24)20-27-30(28,29)25-17-15-22(3)16-18-25/h4-18,27H,19-20H2,1-3H3/b21-4-. The maximum Gasteiger partial charge on any atom is 0.240 e. The maximum atomic E-state index is 13.1. The van der Waals surface area contributed by atoms with Crippen LogP contribution in [0.25, 0.3) is 0 Å². The normalized spacial score (nSPS) is 12.7. The van der Waals surface area contributed by atoms with Crippen LogP contribution in [0.4, 0.5) is 0 Å². The molecular weight excluding hydrogens is 390 g/mol. The van der Waals surface area contributed by atoms with Crippen LogP contribution < -0.4 is 4.72 Å². The van der Waals surface area contributed by atoms with Crippen LogP contribution in [-0.4, -0.2) is 15.0 Å². The average Bonchev–Trinajstić information content (AvgIpc) is 2.78. The van der Waals surface area contributed by atoms with E-state index in [1.165, 1.54) is 5.57 Å². The lowest BCUT2D eigenvalue weighted by molar-refractivity contribution is 0.489. The molecule has 3 rings (SSSR count). The minimum atomic E-state index is -3.64. The van der Waals surface area contributed by atoms with Gasteiger partial charge in [-0.1, -0.05) is 90.0 Å². The number of rotatable bonds is 8. The SMILES string of the molecule is C/C=C(/C)CC(CNS(=O)(=O)c1ccc(C)cc1)(c1ccccc1)c1ccccc1. The zero-order valence-electron chi connectivity index (χ0n) is 17.8. The van der Waals surface area contributed by atoms with Crippen molar-refractivity contribution in [1.29, 1.82) is 0 Å². The largest absolute Gasteiger partial charge is 0.240 e. The fourth-order valence-corrected chi connectivity index (χ4v) is 4.85. The maximum absolute atomic E-state index is 13.1. The Balaban J connectivity index is 2.07. The predicted octanol–water partition coefficient (Wildman–Crippen LogP) is 5.62. The Morgan fingerprint density at radius 2 is 1.37 bits per heavy atom. The van der Waals surface area contributed by atoms with Crippen molar-refractivity contribution < 1.29 is 8.42 Å². The molecule has 30 heavy (non-hydrogen) atoms. The smallest absolute Gasteiger partial charge is 0.210 e. The van der Waals surface area contributed by atoms with Gasteiger partial charge in [-0.2, -0.15) is 0 Å². The molecule has 0 heterocycles. The zero-order chi connectivity index (χ0) is 21.6. The summed E-state index contributed by atoms with van der Waals surface area (Å²) in [5.74, 6) is 0. The fourth-order valence-electron chi connectivity index (χ4n) is 3.75. The van der Waals surface area contributed by atoms with Crippen LogP contribution in [0, 0.1) is 6.92 Å². The van der Waals surface area contributed by atoms with Gasteiger partial charge < -0.3 is 0 Å². The average molecular weight is 420 g/mol. The van der Waals surface area contributed by atoms with Crippen molar-refractivity contribution in [2.24, 2.45) is 0 Å². The van der Waals surface area contributed by atoms with Gasteiger partial charge in [-0.25, -0.2) is 13.1 Å². The van der Waals surface area contributed by atoms with Gasteiger partial charge in [0.15, 0.2) is 0 Å². The molecule has 3 aromatic rings. The molecule has 0 atom stereocenters. The molecular formula is C26H29NO2S. The van der Waals surface area contributed by atoms with E-state index in [9.17, 15) is 8.42 Å². The number of nitrogens with one attached hydrogen (secondary N) is 1. The van der Waals surface area contributed by atoms with Gasteiger partial charge in [0, 0.05) is 12.0 Å². The highest BCUT2D eigenvalue weighted by atomic mass is 32.2. The van der Waals surface area contributed by atoms with Crippen molar-refractivity contribution in [3.8, 4) is 0 Å². The molecule has 0 unspecified atom stereocenters. The molecule has 3 aromatic carbocycles. The van der Waals surface area contributed by atoms with E-state index in [2.05, 4.69) is 42.0 Å². The first-order valence-corrected chi connectivity index (χ1v) is 11.6. The second-order valence-corrected chi connectivity index (χ2v) is 9.53. The van der Waals surface area contributed by atoms with Gasteiger partial charge in [0.05, 0.1) is 4.90 Å². The van der Waals surface area contributed by atoms with Crippen molar-refractivity contribution in [3.63, 3.8) is 0 Å². The fraction of sp³-hybridized carbons (Fsp3) is 0.231. The van der Waals surface area contributed by atoms with Gasteiger partial charge >= 0.3 is 0 Å². The van der Waals surface area contributed by atoms with E-state index in [4.69, 9.17) is 0 Å². The summed E-state index contributed by atoms with van der Waals surface area (Å²) < 4.78 is 29.1. The summed E-state index contributed by atoms with van der Waals surface area (Å²) in [5, 5.41) is 0. The Morgan fingerprint density at radius 3 is 1.83 bits per heavy atom. The number of hydrogen-bond acceptors (Lipinski definition) is 2. The summed E-state index contributed by atoms with van der Waals surface area (Å²) in [6, 6.07) is 27.3. The van der Waals surface area contributed by atoms with Gasteiger partial charge in [0.25, 0.3) is 0 Å². The molecule has 0 aliphatic heterocycles. The van der Waals surface area contributed by atoms with Crippen LogP contribution in [0.3, 0.4) is 0 Å². The molecule has 0 amide bonds. The van der Waals surface area contributed by atoms with Crippen LogP contribution in [0.5, 0.6) is 0 Å². The molecule has 0 fully saturated rings.